The topological polar surface area (TPSA) is 89.3 Å². The van der Waals surface area contributed by atoms with E-state index in [0.717, 1.165) is 24.8 Å². The minimum atomic E-state index is -3.66. The van der Waals surface area contributed by atoms with Crippen molar-refractivity contribution in [2.24, 2.45) is 11.1 Å². The van der Waals surface area contributed by atoms with Gasteiger partial charge >= 0.3 is 0 Å². The Morgan fingerprint density at radius 3 is 2.50 bits per heavy atom. The molecule has 1 aromatic carbocycles. The summed E-state index contributed by atoms with van der Waals surface area (Å²) in [5.41, 5.74) is 0.845. The highest BCUT2D eigenvalue weighted by atomic mass is 32.2. The van der Waals surface area contributed by atoms with Crippen LogP contribution in [0.5, 0.6) is 0 Å². The van der Waals surface area contributed by atoms with Crippen molar-refractivity contribution in [2.75, 3.05) is 0 Å². The zero-order valence-electron chi connectivity index (χ0n) is 11.1. The number of allylic oxidation sites excluding steroid dienone is 2. The van der Waals surface area contributed by atoms with Crippen LogP contribution in [0, 0.1) is 5.92 Å². The number of carbonyl (C=O) groups is 1. The summed E-state index contributed by atoms with van der Waals surface area (Å²) >= 11 is 0. The average Bonchev–Trinajstić information content (AvgIpc) is 2.45. The fourth-order valence-electron chi connectivity index (χ4n) is 2.16. The molecule has 108 valence electrons. The Morgan fingerprint density at radius 2 is 1.95 bits per heavy atom. The number of primary sulfonamides is 1. The van der Waals surface area contributed by atoms with Crippen LogP contribution in [0.3, 0.4) is 0 Å². The summed E-state index contributed by atoms with van der Waals surface area (Å²) in [6, 6.07) is 6.20. The Bertz CT molecular complexity index is 606. The summed E-state index contributed by atoms with van der Waals surface area (Å²) in [6.45, 7) is 0.393. The molecular weight excluding hydrogens is 276 g/mol. The molecule has 3 N–H and O–H groups in total. The van der Waals surface area contributed by atoms with Gasteiger partial charge in [-0.1, -0.05) is 24.3 Å². The number of carbonyl (C=O) groups excluding carboxylic acids is 1. The van der Waals surface area contributed by atoms with Gasteiger partial charge in [-0.3, -0.25) is 4.79 Å². The Kier molecular flexibility index (Phi) is 4.57. The highest BCUT2D eigenvalue weighted by Crippen LogP contribution is 2.18. The highest BCUT2D eigenvalue weighted by molar-refractivity contribution is 7.89. The lowest BCUT2D eigenvalue weighted by molar-refractivity contribution is -0.125. The van der Waals surface area contributed by atoms with Crippen LogP contribution in [-0.2, 0) is 21.4 Å². The van der Waals surface area contributed by atoms with Gasteiger partial charge in [0.2, 0.25) is 15.9 Å². The normalized spacial score (nSPS) is 18.8. The van der Waals surface area contributed by atoms with Crippen molar-refractivity contribution in [1.82, 2.24) is 5.32 Å². The number of benzene rings is 1. The third-order valence-electron chi connectivity index (χ3n) is 3.36. The molecule has 0 aromatic heterocycles. The lowest BCUT2D eigenvalue weighted by atomic mass is 9.93. The predicted molar refractivity (Wildman–Crippen MR) is 76.1 cm³/mol. The van der Waals surface area contributed by atoms with Gasteiger partial charge in [0.25, 0.3) is 0 Å². The van der Waals surface area contributed by atoms with E-state index < -0.39 is 10.0 Å². The Labute approximate surface area is 118 Å². The van der Waals surface area contributed by atoms with Crippen molar-refractivity contribution in [1.29, 1.82) is 0 Å². The maximum atomic E-state index is 11.9. The SMILES string of the molecule is NS(=O)(=O)c1ccc(CNC(=O)[C@H]2CC=CCC2)cc1. The van der Waals surface area contributed by atoms with Gasteiger partial charge in [-0.25, -0.2) is 13.6 Å². The van der Waals surface area contributed by atoms with Crippen molar-refractivity contribution < 1.29 is 13.2 Å². The van der Waals surface area contributed by atoms with Crippen molar-refractivity contribution in [3.8, 4) is 0 Å². The van der Waals surface area contributed by atoms with Crippen LogP contribution in [0.2, 0.25) is 0 Å². The molecule has 1 amide bonds. The van der Waals surface area contributed by atoms with E-state index in [4.69, 9.17) is 5.14 Å². The number of nitrogens with two attached hydrogens (primary N) is 1. The van der Waals surface area contributed by atoms with E-state index in [2.05, 4.69) is 11.4 Å². The lowest BCUT2D eigenvalue weighted by Gasteiger charge is -2.17. The zero-order valence-corrected chi connectivity index (χ0v) is 11.9. The van der Waals surface area contributed by atoms with E-state index in [1.54, 1.807) is 12.1 Å². The summed E-state index contributed by atoms with van der Waals surface area (Å²) in [7, 11) is -3.66. The maximum Gasteiger partial charge on any atom is 0.238 e. The third kappa shape index (κ3) is 3.91. The standard InChI is InChI=1S/C14H18N2O3S/c15-20(18,19)13-8-6-11(7-9-13)10-16-14(17)12-4-2-1-3-5-12/h1-2,6-9,12H,3-5,10H2,(H,16,17)(H2,15,18,19)/t12-/m0/s1. The number of rotatable bonds is 4. The van der Waals surface area contributed by atoms with Crippen LogP contribution in [0.4, 0.5) is 0 Å². The first-order valence-electron chi connectivity index (χ1n) is 6.51. The van der Waals surface area contributed by atoms with Gasteiger partial charge in [-0.2, -0.15) is 0 Å². The molecule has 0 saturated heterocycles. The number of nitrogens with one attached hydrogen (secondary N) is 1. The quantitative estimate of drug-likeness (QED) is 0.820. The first-order chi connectivity index (χ1) is 9.47. The predicted octanol–water partition coefficient (Wildman–Crippen LogP) is 1.31. The van der Waals surface area contributed by atoms with E-state index in [0.29, 0.717) is 6.54 Å². The van der Waals surface area contributed by atoms with Gasteiger partial charge in [-0.15, -0.1) is 0 Å². The lowest BCUT2D eigenvalue weighted by Crippen LogP contribution is -2.30. The molecule has 5 nitrogen and oxygen atoms in total. The largest absolute Gasteiger partial charge is 0.352 e. The summed E-state index contributed by atoms with van der Waals surface area (Å²) in [5, 5.41) is 7.90. The van der Waals surface area contributed by atoms with Crippen molar-refractivity contribution in [3.05, 3.63) is 42.0 Å². The van der Waals surface area contributed by atoms with Crippen LogP contribution in [0.15, 0.2) is 41.3 Å². The molecule has 0 fully saturated rings. The van der Waals surface area contributed by atoms with Gasteiger partial charge in [0, 0.05) is 12.5 Å². The van der Waals surface area contributed by atoms with Crippen LogP contribution < -0.4 is 10.5 Å². The molecule has 0 spiro atoms. The number of amides is 1. The van der Waals surface area contributed by atoms with E-state index in [1.807, 2.05) is 6.08 Å². The summed E-state index contributed by atoms with van der Waals surface area (Å²) in [5.74, 6) is 0.0913. The monoisotopic (exact) mass is 294 g/mol. The molecule has 2 rings (SSSR count). The number of sulfonamides is 1. The fraction of sp³-hybridized carbons (Fsp3) is 0.357. The van der Waals surface area contributed by atoms with Crippen LogP contribution in [0.1, 0.15) is 24.8 Å². The van der Waals surface area contributed by atoms with Gasteiger partial charge < -0.3 is 5.32 Å². The molecule has 0 unspecified atom stereocenters. The van der Waals surface area contributed by atoms with Gasteiger partial charge in [0.05, 0.1) is 4.90 Å². The second-order valence-corrected chi connectivity index (χ2v) is 6.45. The Balaban J connectivity index is 1.91. The second kappa shape index (κ2) is 6.19. The Hall–Kier alpha value is -1.66. The van der Waals surface area contributed by atoms with E-state index >= 15 is 0 Å². The minimum Gasteiger partial charge on any atom is -0.352 e. The second-order valence-electron chi connectivity index (χ2n) is 4.89. The van der Waals surface area contributed by atoms with Gasteiger partial charge in [0.1, 0.15) is 0 Å². The van der Waals surface area contributed by atoms with E-state index in [9.17, 15) is 13.2 Å². The molecule has 6 heteroatoms. The Morgan fingerprint density at radius 1 is 1.25 bits per heavy atom. The molecule has 0 radical (unpaired) electrons. The zero-order chi connectivity index (χ0) is 14.6. The molecule has 0 heterocycles. The van der Waals surface area contributed by atoms with Gasteiger partial charge in [0.15, 0.2) is 0 Å². The maximum absolute atomic E-state index is 11.9. The third-order valence-corrected chi connectivity index (χ3v) is 4.29. The van der Waals surface area contributed by atoms with Crippen LogP contribution in [0.25, 0.3) is 0 Å². The summed E-state index contributed by atoms with van der Waals surface area (Å²) < 4.78 is 22.2. The molecule has 20 heavy (non-hydrogen) atoms. The fourth-order valence-corrected chi connectivity index (χ4v) is 2.68. The molecule has 0 saturated carbocycles. The highest BCUT2D eigenvalue weighted by Gasteiger charge is 2.18. The van der Waals surface area contributed by atoms with Crippen molar-refractivity contribution >= 4 is 15.9 Å². The smallest absolute Gasteiger partial charge is 0.238 e. The summed E-state index contributed by atoms with van der Waals surface area (Å²) in [6.07, 6.45) is 6.74. The average molecular weight is 294 g/mol. The minimum absolute atomic E-state index is 0.0451. The van der Waals surface area contributed by atoms with E-state index in [1.165, 1.54) is 12.1 Å². The molecule has 1 aromatic rings. The summed E-state index contributed by atoms with van der Waals surface area (Å²) in [4.78, 5) is 12.0. The van der Waals surface area contributed by atoms with Crippen molar-refractivity contribution in [3.63, 3.8) is 0 Å². The molecule has 0 aliphatic heterocycles. The number of hydrogen-bond acceptors (Lipinski definition) is 3. The van der Waals surface area contributed by atoms with E-state index in [-0.39, 0.29) is 16.7 Å². The molecular formula is C14H18N2O3S. The van der Waals surface area contributed by atoms with Crippen molar-refractivity contribution in [2.45, 2.75) is 30.7 Å². The molecule has 1 atom stereocenters. The number of hydrogen-bond donors (Lipinski definition) is 2. The first-order valence-corrected chi connectivity index (χ1v) is 8.06. The van der Waals surface area contributed by atoms with Gasteiger partial charge in [-0.05, 0) is 37.0 Å². The molecule has 1 aliphatic carbocycles. The molecule has 0 bridgehead atoms. The first kappa shape index (κ1) is 14.7. The molecule has 1 aliphatic rings. The van der Waals surface area contributed by atoms with Crippen LogP contribution >= 0.6 is 0 Å². The van der Waals surface area contributed by atoms with Crippen LogP contribution in [-0.4, -0.2) is 14.3 Å².